The molecule has 0 bridgehead atoms. The quantitative estimate of drug-likeness (QED) is 0.705. The van der Waals surface area contributed by atoms with Crippen LogP contribution in [0.15, 0.2) is 42.7 Å². The number of hydrogen-bond donors (Lipinski definition) is 2. The van der Waals surface area contributed by atoms with Crippen LogP contribution in [0.2, 0.25) is 0 Å². The number of nitrogens with zero attached hydrogens (tertiary/aromatic N) is 1. The highest BCUT2D eigenvalue weighted by molar-refractivity contribution is 5.93. The first-order valence-electron chi connectivity index (χ1n) is 7.14. The van der Waals surface area contributed by atoms with Crippen molar-refractivity contribution in [2.45, 2.75) is 25.3 Å². The lowest BCUT2D eigenvalue weighted by Gasteiger charge is -2.22. The van der Waals surface area contributed by atoms with Crippen molar-refractivity contribution in [3.63, 3.8) is 0 Å². The molecular formula is C17H17N3. The highest BCUT2D eigenvalue weighted by atomic mass is 14.8. The van der Waals surface area contributed by atoms with Gasteiger partial charge in [0.05, 0.1) is 0 Å². The number of benzene rings is 1. The first-order valence-corrected chi connectivity index (χ1v) is 7.14. The maximum Gasteiger partial charge on any atom is 0.137 e. The number of aromatic nitrogens is 2. The summed E-state index contributed by atoms with van der Waals surface area (Å²) in [6.45, 7) is 0. The van der Waals surface area contributed by atoms with E-state index in [0.29, 0.717) is 0 Å². The van der Waals surface area contributed by atoms with Crippen LogP contribution in [0.4, 0.5) is 0 Å². The summed E-state index contributed by atoms with van der Waals surface area (Å²) in [5.74, 6) is 0. The number of nitrogens with one attached hydrogen (secondary N) is 1. The number of hydrogen-bond acceptors (Lipinski definition) is 2. The van der Waals surface area contributed by atoms with Gasteiger partial charge in [-0.1, -0.05) is 12.1 Å². The molecule has 3 nitrogen and oxygen atoms in total. The molecular weight excluding hydrogens is 246 g/mol. The van der Waals surface area contributed by atoms with Gasteiger partial charge >= 0.3 is 0 Å². The monoisotopic (exact) mass is 263 g/mol. The van der Waals surface area contributed by atoms with Gasteiger partial charge < -0.3 is 10.7 Å². The van der Waals surface area contributed by atoms with Crippen molar-refractivity contribution in [1.29, 1.82) is 0 Å². The van der Waals surface area contributed by atoms with Crippen molar-refractivity contribution in [2.75, 3.05) is 0 Å². The summed E-state index contributed by atoms with van der Waals surface area (Å²) in [6.07, 6.45) is 7.29. The molecule has 0 saturated heterocycles. The van der Waals surface area contributed by atoms with E-state index in [4.69, 9.17) is 5.73 Å². The lowest BCUT2D eigenvalue weighted by molar-refractivity contribution is 0.571. The summed E-state index contributed by atoms with van der Waals surface area (Å²) in [5, 5.41) is 1.16. The van der Waals surface area contributed by atoms with Gasteiger partial charge in [-0.3, -0.25) is 0 Å². The van der Waals surface area contributed by atoms with Crippen LogP contribution in [0.5, 0.6) is 0 Å². The fourth-order valence-corrected chi connectivity index (χ4v) is 3.20. The lowest BCUT2D eigenvalue weighted by atomic mass is 9.86. The average molecular weight is 263 g/mol. The maximum absolute atomic E-state index is 6.26. The van der Waals surface area contributed by atoms with E-state index in [0.717, 1.165) is 23.9 Å². The minimum atomic E-state index is 0.182. The predicted octanol–water partition coefficient (Wildman–Crippen LogP) is 3.57. The maximum atomic E-state index is 6.26. The van der Waals surface area contributed by atoms with Crippen molar-refractivity contribution < 1.29 is 0 Å². The summed E-state index contributed by atoms with van der Waals surface area (Å²) in [6, 6.07) is 11.0. The Labute approximate surface area is 117 Å². The number of nitrogens with two attached hydrogens (primary N) is 1. The third-order valence-corrected chi connectivity index (χ3v) is 4.27. The molecule has 1 atom stereocenters. The number of aryl methyl sites for hydroxylation is 1. The van der Waals surface area contributed by atoms with Crippen molar-refractivity contribution in [1.82, 2.24) is 9.97 Å². The molecule has 2 aromatic heterocycles. The molecule has 0 amide bonds. The third kappa shape index (κ3) is 1.74. The van der Waals surface area contributed by atoms with E-state index in [-0.39, 0.29) is 6.04 Å². The molecule has 20 heavy (non-hydrogen) atoms. The molecule has 2 heterocycles. The van der Waals surface area contributed by atoms with Crippen LogP contribution < -0.4 is 5.73 Å². The molecule has 0 fully saturated rings. The van der Waals surface area contributed by atoms with Crippen LogP contribution >= 0.6 is 0 Å². The Kier molecular flexibility index (Phi) is 2.60. The second-order valence-electron chi connectivity index (χ2n) is 5.51. The smallest absolute Gasteiger partial charge is 0.137 e. The highest BCUT2D eigenvalue weighted by Gasteiger charge is 2.18. The zero-order valence-electron chi connectivity index (χ0n) is 11.3. The summed E-state index contributed by atoms with van der Waals surface area (Å²) in [4.78, 5) is 7.59. The molecule has 4 rings (SSSR count). The van der Waals surface area contributed by atoms with Gasteiger partial charge in [-0.25, -0.2) is 4.98 Å². The Bertz CT molecular complexity index is 773. The van der Waals surface area contributed by atoms with Gasteiger partial charge in [0.1, 0.15) is 5.65 Å². The zero-order chi connectivity index (χ0) is 13.5. The first-order chi connectivity index (χ1) is 9.83. The van der Waals surface area contributed by atoms with Gasteiger partial charge in [-0.2, -0.15) is 0 Å². The van der Waals surface area contributed by atoms with Gasteiger partial charge in [0.25, 0.3) is 0 Å². The standard InChI is InChI=1S/C17H17N3/c18-16-5-1-3-11-6-7-12(9-14(11)16)15-10-20-17-13(15)4-2-8-19-17/h2,4,6-10,16H,1,3,5,18H2,(H,19,20). The number of H-pyrrole nitrogens is 1. The van der Waals surface area contributed by atoms with E-state index >= 15 is 0 Å². The van der Waals surface area contributed by atoms with Gasteiger partial charge in [-0.15, -0.1) is 0 Å². The van der Waals surface area contributed by atoms with Crippen LogP contribution in [0.1, 0.15) is 30.0 Å². The number of pyridine rings is 1. The van der Waals surface area contributed by atoms with E-state index < -0.39 is 0 Å². The molecule has 0 aliphatic heterocycles. The fourth-order valence-electron chi connectivity index (χ4n) is 3.20. The van der Waals surface area contributed by atoms with E-state index in [1.807, 2.05) is 18.5 Å². The summed E-state index contributed by atoms with van der Waals surface area (Å²) >= 11 is 0. The molecule has 0 saturated carbocycles. The zero-order valence-corrected chi connectivity index (χ0v) is 11.3. The molecule has 0 spiro atoms. The van der Waals surface area contributed by atoms with Gasteiger partial charge in [0.15, 0.2) is 0 Å². The number of aromatic amines is 1. The molecule has 1 aliphatic carbocycles. The Hall–Kier alpha value is -2.13. The minimum Gasteiger partial charge on any atom is -0.346 e. The van der Waals surface area contributed by atoms with E-state index in [1.54, 1.807) is 0 Å². The van der Waals surface area contributed by atoms with Crippen molar-refractivity contribution >= 4 is 11.0 Å². The Balaban J connectivity index is 1.88. The molecule has 1 aromatic carbocycles. The van der Waals surface area contributed by atoms with Crippen LogP contribution in [0.3, 0.4) is 0 Å². The predicted molar refractivity (Wildman–Crippen MR) is 81.4 cm³/mol. The van der Waals surface area contributed by atoms with Gasteiger partial charge in [0.2, 0.25) is 0 Å². The number of rotatable bonds is 1. The first kappa shape index (κ1) is 11.7. The van der Waals surface area contributed by atoms with Crippen molar-refractivity contribution in [3.8, 4) is 11.1 Å². The third-order valence-electron chi connectivity index (χ3n) is 4.27. The van der Waals surface area contributed by atoms with E-state index in [2.05, 4.69) is 34.2 Å². The van der Waals surface area contributed by atoms with E-state index in [9.17, 15) is 0 Å². The second-order valence-corrected chi connectivity index (χ2v) is 5.51. The molecule has 3 N–H and O–H groups in total. The van der Waals surface area contributed by atoms with E-state index in [1.165, 1.54) is 28.7 Å². The highest BCUT2D eigenvalue weighted by Crippen LogP contribution is 2.34. The summed E-state index contributed by atoms with van der Waals surface area (Å²) in [5.41, 5.74) is 12.3. The molecule has 1 aliphatic rings. The topological polar surface area (TPSA) is 54.7 Å². The fraction of sp³-hybridized carbons (Fsp3) is 0.235. The second kappa shape index (κ2) is 4.46. The average Bonchev–Trinajstić information content (AvgIpc) is 2.91. The summed E-state index contributed by atoms with van der Waals surface area (Å²) < 4.78 is 0. The molecule has 3 aromatic rings. The van der Waals surface area contributed by atoms with Gasteiger partial charge in [0, 0.05) is 29.4 Å². The Morgan fingerprint density at radius 1 is 1.25 bits per heavy atom. The largest absolute Gasteiger partial charge is 0.346 e. The SMILES string of the molecule is NC1CCCc2ccc(-c3c[nH]c4ncccc34)cc21. The molecule has 100 valence electrons. The van der Waals surface area contributed by atoms with Crippen LogP contribution in [0, 0.1) is 0 Å². The van der Waals surface area contributed by atoms with Gasteiger partial charge in [-0.05, 0) is 54.2 Å². The molecule has 3 heteroatoms. The summed E-state index contributed by atoms with van der Waals surface area (Å²) in [7, 11) is 0. The Morgan fingerprint density at radius 2 is 2.20 bits per heavy atom. The molecule has 1 unspecified atom stereocenters. The van der Waals surface area contributed by atoms with Crippen LogP contribution in [-0.4, -0.2) is 9.97 Å². The van der Waals surface area contributed by atoms with Crippen molar-refractivity contribution in [3.05, 3.63) is 53.9 Å². The normalized spacial score (nSPS) is 18.1. The lowest BCUT2D eigenvalue weighted by Crippen LogP contribution is -2.17. The van der Waals surface area contributed by atoms with Crippen molar-refractivity contribution in [2.24, 2.45) is 5.73 Å². The van der Waals surface area contributed by atoms with Crippen LogP contribution in [-0.2, 0) is 6.42 Å². The minimum absolute atomic E-state index is 0.182. The van der Waals surface area contributed by atoms with Crippen LogP contribution in [0.25, 0.3) is 22.2 Å². The Morgan fingerprint density at radius 3 is 3.15 bits per heavy atom. The number of fused-ring (bicyclic) bond motifs is 2. The molecule has 0 radical (unpaired) electrons.